The Labute approximate surface area is 330 Å². The van der Waals surface area contributed by atoms with E-state index in [-0.39, 0.29) is 17.2 Å². The van der Waals surface area contributed by atoms with Crippen molar-refractivity contribution in [2.24, 2.45) is 0 Å². The lowest BCUT2D eigenvalue weighted by Crippen LogP contribution is -2.28. The second-order valence-electron chi connectivity index (χ2n) is 12.2. The van der Waals surface area contributed by atoms with Gasteiger partial charge in [-0.2, -0.15) is 0 Å². The van der Waals surface area contributed by atoms with Crippen LogP contribution < -0.4 is 21.3 Å². The predicted octanol–water partition coefficient (Wildman–Crippen LogP) is 9.72. The van der Waals surface area contributed by atoms with Crippen LogP contribution in [0.15, 0.2) is 97.1 Å². The number of nitrogens with one attached hydrogen (secondary N) is 4. The van der Waals surface area contributed by atoms with E-state index in [0.29, 0.717) is 30.0 Å². The average molecular weight is 934 g/mol. The Kier molecular flexibility index (Phi) is 15.3. The van der Waals surface area contributed by atoms with Crippen LogP contribution in [0.1, 0.15) is 43.8 Å². The molecule has 0 saturated carbocycles. The van der Waals surface area contributed by atoms with E-state index in [4.69, 9.17) is 0 Å². The first-order chi connectivity index (χ1) is 24.8. The molecule has 7 nitrogen and oxygen atoms in total. The molecule has 272 valence electrons. The maximum atomic E-state index is 14.4. The highest BCUT2D eigenvalue weighted by molar-refractivity contribution is 14.1. The molecule has 0 heterocycles. The number of nitrogens with zero attached hydrogens (tertiary/aromatic N) is 1. The molecule has 0 radical (unpaired) electrons. The summed E-state index contributed by atoms with van der Waals surface area (Å²) in [5.74, 6) is -3.15. The number of amides is 2. The molecule has 0 aromatic heterocycles. The van der Waals surface area contributed by atoms with Crippen LogP contribution in [-0.4, -0.2) is 43.9 Å². The number of aryl methyl sites for hydroxylation is 2. The van der Waals surface area contributed by atoms with Gasteiger partial charge in [0.05, 0.1) is 22.5 Å². The van der Waals surface area contributed by atoms with Crippen LogP contribution >= 0.6 is 45.2 Å². The SMILES string of the molecule is Cc1cc(I)ccc1Nc1c(C(=O)NCCCN(C)C)ccc(F)c1F.Cc1cc(I)ccc1Nc1cc(F)ccc1C(=O)NCc1ccccc1. The monoisotopic (exact) mass is 933 g/mol. The van der Waals surface area contributed by atoms with E-state index in [1.807, 2.05) is 93.5 Å². The van der Waals surface area contributed by atoms with E-state index in [0.717, 1.165) is 48.6 Å². The van der Waals surface area contributed by atoms with Crippen molar-refractivity contribution in [2.45, 2.75) is 26.8 Å². The van der Waals surface area contributed by atoms with Crippen molar-refractivity contribution in [3.8, 4) is 0 Å². The fourth-order valence-corrected chi connectivity index (χ4v) is 6.35. The van der Waals surface area contributed by atoms with E-state index in [1.54, 1.807) is 6.07 Å². The minimum absolute atomic E-state index is 0.0757. The van der Waals surface area contributed by atoms with Crippen LogP contribution in [-0.2, 0) is 6.54 Å². The number of anilines is 4. The largest absolute Gasteiger partial charge is 0.355 e. The van der Waals surface area contributed by atoms with Gasteiger partial charge in [0.25, 0.3) is 11.8 Å². The predicted molar refractivity (Wildman–Crippen MR) is 220 cm³/mol. The fourth-order valence-electron chi connectivity index (χ4n) is 5.06. The van der Waals surface area contributed by atoms with Gasteiger partial charge in [-0.3, -0.25) is 9.59 Å². The Bertz CT molecular complexity index is 2010. The third-order valence-electron chi connectivity index (χ3n) is 7.84. The summed E-state index contributed by atoms with van der Waals surface area (Å²) < 4.78 is 44.0. The number of hydrogen-bond acceptors (Lipinski definition) is 5. The molecule has 0 aliphatic heterocycles. The molecule has 0 bridgehead atoms. The molecule has 2 amide bonds. The summed E-state index contributed by atoms with van der Waals surface area (Å²) in [7, 11) is 3.89. The lowest BCUT2D eigenvalue weighted by molar-refractivity contribution is 0.0944. The maximum absolute atomic E-state index is 14.4. The molecule has 5 aromatic carbocycles. The number of carbonyl (C=O) groups is 2. The molecule has 0 aliphatic rings. The highest BCUT2D eigenvalue weighted by Gasteiger charge is 2.20. The topological polar surface area (TPSA) is 85.5 Å². The molecule has 12 heteroatoms. The van der Waals surface area contributed by atoms with E-state index in [1.165, 1.54) is 24.3 Å². The zero-order valence-corrected chi connectivity index (χ0v) is 33.5. The first-order valence-electron chi connectivity index (χ1n) is 16.4. The summed E-state index contributed by atoms with van der Waals surface area (Å²) in [4.78, 5) is 27.1. The third-order valence-corrected chi connectivity index (χ3v) is 9.18. The first-order valence-corrected chi connectivity index (χ1v) is 18.6. The Morgan fingerprint density at radius 2 is 1.27 bits per heavy atom. The number of hydrogen-bond donors (Lipinski definition) is 4. The van der Waals surface area contributed by atoms with Gasteiger partial charge in [-0.05, 0) is 170 Å². The Morgan fingerprint density at radius 1 is 0.673 bits per heavy atom. The van der Waals surface area contributed by atoms with Gasteiger partial charge in [-0.15, -0.1) is 0 Å². The molecular weight excluding hydrogens is 893 g/mol. The van der Waals surface area contributed by atoms with Gasteiger partial charge in [0.15, 0.2) is 11.6 Å². The minimum atomic E-state index is -1.07. The van der Waals surface area contributed by atoms with Crippen molar-refractivity contribution in [1.29, 1.82) is 0 Å². The Morgan fingerprint density at radius 3 is 1.88 bits per heavy atom. The van der Waals surface area contributed by atoms with Crippen molar-refractivity contribution in [1.82, 2.24) is 15.5 Å². The molecule has 0 atom stereocenters. The molecular formula is C40H40F3I2N5O2. The number of halogens is 5. The molecule has 0 unspecified atom stereocenters. The first kappa shape index (κ1) is 40.6. The highest BCUT2D eigenvalue weighted by Crippen LogP contribution is 2.29. The summed E-state index contributed by atoms with van der Waals surface area (Å²) in [6.07, 6.45) is 0.765. The van der Waals surface area contributed by atoms with Crippen LogP contribution in [0.5, 0.6) is 0 Å². The van der Waals surface area contributed by atoms with Crippen molar-refractivity contribution < 1.29 is 22.8 Å². The lowest BCUT2D eigenvalue weighted by atomic mass is 10.1. The van der Waals surface area contributed by atoms with Crippen molar-refractivity contribution >= 4 is 79.7 Å². The molecule has 0 spiro atoms. The molecule has 0 fully saturated rings. The van der Waals surface area contributed by atoms with Gasteiger partial charge >= 0.3 is 0 Å². The highest BCUT2D eigenvalue weighted by atomic mass is 127. The normalized spacial score (nSPS) is 10.7. The van der Waals surface area contributed by atoms with Gasteiger partial charge in [0, 0.05) is 31.6 Å². The molecule has 4 N–H and O–H groups in total. The maximum Gasteiger partial charge on any atom is 0.253 e. The van der Waals surface area contributed by atoms with Crippen LogP contribution in [0.2, 0.25) is 0 Å². The van der Waals surface area contributed by atoms with Crippen LogP contribution in [0.4, 0.5) is 35.9 Å². The average Bonchev–Trinajstić information content (AvgIpc) is 3.10. The number of carbonyl (C=O) groups excluding carboxylic acids is 2. The summed E-state index contributed by atoms with van der Waals surface area (Å²) in [6.45, 7) is 5.53. The van der Waals surface area contributed by atoms with Crippen LogP contribution in [0, 0.1) is 38.4 Å². The zero-order chi connectivity index (χ0) is 37.8. The fraction of sp³-hybridized carbons (Fsp3) is 0.200. The van der Waals surface area contributed by atoms with Gasteiger partial charge < -0.3 is 26.2 Å². The van der Waals surface area contributed by atoms with E-state index in [9.17, 15) is 22.8 Å². The molecule has 52 heavy (non-hydrogen) atoms. The Balaban J connectivity index is 0.000000233. The summed E-state index contributed by atoms with van der Waals surface area (Å²) in [5.41, 5.74) is 5.14. The second kappa shape index (κ2) is 19.6. The summed E-state index contributed by atoms with van der Waals surface area (Å²) in [5, 5.41) is 11.7. The molecule has 5 rings (SSSR count). The number of rotatable bonds is 12. The van der Waals surface area contributed by atoms with Gasteiger partial charge in [0.1, 0.15) is 5.82 Å². The van der Waals surface area contributed by atoms with Crippen molar-refractivity contribution in [3.63, 3.8) is 0 Å². The minimum Gasteiger partial charge on any atom is -0.355 e. The standard InChI is InChI=1S/C21H18FIN2O.C19H22F2IN3O/c1-14-11-17(23)8-10-19(14)25-20-12-16(22)7-9-18(20)21(26)24-13-15-5-3-2-4-6-15;1-12-11-13(22)5-8-16(12)24-18-14(6-7-15(20)17(18)21)19(26)23-9-4-10-25(2)3/h2-12,25H,13H2,1H3,(H,24,26);5-8,11,24H,4,9-10H2,1-3H3,(H,23,26). The van der Waals surface area contributed by atoms with Gasteiger partial charge in [-0.25, -0.2) is 13.2 Å². The summed E-state index contributed by atoms with van der Waals surface area (Å²) >= 11 is 4.42. The molecule has 0 saturated heterocycles. The summed E-state index contributed by atoms with van der Waals surface area (Å²) in [6, 6.07) is 27.5. The molecule has 5 aromatic rings. The third kappa shape index (κ3) is 12.0. The van der Waals surface area contributed by atoms with E-state index < -0.39 is 23.4 Å². The quantitative estimate of drug-likeness (QED) is 0.0741. The van der Waals surface area contributed by atoms with E-state index in [2.05, 4.69) is 66.4 Å². The Hall–Kier alpha value is -4.15. The number of benzene rings is 5. The smallest absolute Gasteiger partial charge is 0.253 e. The second-order valence-corrected chi connectivity index (χ2v) is 14.7. The van der Waals surface area contributed by atoms with Crippen LogP contribution in [0.25, 0.3) is 0 Å². The van der Waals surface area contributed by atoms with Gasteiger partial charge in [-0.1, -0.05) is 30.3 Å². The van der Waals surface area contributed by atoms with Crippen molar-refractivity contribution in [3.05, 3.63) is 149 Å². The molecule has 0 aliphatic carbocycles. The van der Waals surface area contributed by atoms with Crippen LogP contribution in [0.3, 0.4) is 0 Å². The van der Waals surface area contributed by atoms with E-state index >= 15 is 0 Å². The lowest BCUT2D eigenvalue weighted by Gasteiger charge is -2.16. The van der Waals surface area contributed by atoms with Crippen molar-refractivity contribution in [2.75, 3.05) is 37.8 Å². The zero-order valence-electron chi connectivity index (χ0n) is 29.2. The van der Waals surface area contributed by atoms with Gasteiger partial charge in [0.2, 0.25) is 0 Å².